The normalized spacial score (nSPS) is 11.4. The third-order valence-electron chi connectivity index (χ3n) is 12.7. The Hall–Kier alpha value is -8.46. The Morgan fingerprint density at radius 3 is 1.52 bits per heavy atom. The van der Waals surface area contributed by atoms with E-state index in [0.29, 0.717) is 0 Å². The Morgan fingerprint density at radius 1 is 0.266 bits per heavy atom. The van der Waals surface area contributed by atoms with Crippen LogP contribution in [0.2, 0.25) is 0 Å². The van der Waals surface area contributed by atoms with E-state index in [1.807, 2.05) is 0 Å². The van der Waals surface area contributed by atoms with E-state index >= 15 is 0 Å². The smallest absolute Gasteiger partial charge is 0.0541 e. The van der Waals surface area contributed by atoms with Gasteiger partial charge in [-0.2, -0.15) is 0 Å². The first-order valence-electron chi connectivity index (χ1n) is 22.0. The molecule has 2 heteroatoms. The topological polar surface area (TPSA) is 8.17 Å². The van der Waals surface area contributed by atoms with Gasteiger partial charge in [-0.1, -0.05) is 194 Å². The molecular weight excluding hydrogens is 773 g/mol. The van der Waals surface area contributed by atoms with E-state index in [0.717, 1.165) is 33.9 Å². The van der Waals surface area contributed by atoms with Crippen LogP contribution in [0.25, 0.3) is 93.5 Å². The first-order chi connectivity index (χ1) is 31.8. The molecule has 0 N–H and O–H groups in total. The van der Waals surface area contributed by atoms with Crippen LogP contribution in [0, 0.1) is 0 Å². The van der Waals surface area contributed by atoms with Gasteiger partial charge in [0.05, 0.1) is 16.7 Å². The molecule has 0 atom stereocenters. The molecule has 1 aromatic heterocycles. The molecule has 0 spiro atoms. The van der Waals surface area contributed by atoms with Crippen molar-refractivity contribution in [3.05, 3.63) is 255 Å². The highest BCUT2D eigenvalue weighted by atomic mass is 15.1. The van der Waals surface area contributed by atoms with Crippen molar-refractivity contribution in [2.75, 3.05) is 4.90 Å². The van der Waals surface area contributed by atoms with E-state index in [1.165, 1.54) is 76.7 Å². The molecule has 2 nitrogen and oxygen atoms in total. The molecule has 0 bridgehead atoms. The van der Waals surface area contributed by atoms with Crippen molar-refractivity contribution in [2.45, 2.75) is 0 Å². The number of hydrogen-bond donors (Lipinski definition) is 0. The lowest BCUT2D eigenvalue weighted by molar-refractivity contribution is 1.18. The van der Waals surface area contributed by atoms with E-state index in [-0.39, 0.29) is 0 Å². The van der Waals surface area contributed by atoms with Crippen molar-refractivity contribution in [1.82, 2.24) is 4.57 Å². The molecule has 0 aliphatic carbocycles. The van der Waals surface area contributed by atoms with E-state index < -0.39 is 0 Å². The highest BCUT2D eigenvalue weighted by Crippen LogP contribution is 2.48. The summed E-state index contributed by atoms with van der Waals surface area (Å²) in [6.07, 6.45) is 0. The maximum atomic E-state index is 2.46. The predicted molar refractivity (Wildman–Crippen MR) is 272 cm³/mol. The number of rotatable bonds is 8. The molecule has 0 radical (unpaired) electrons. The van der Waals surface area contributed by atoms with E-state index in [4.69, 9.17) is 0 Å². The fourth-order valence-corrected chi connectivity index (χ4v) is 9.92. The molecule has 0 aliphatic rings. The number of para-hydroxylation sites is 3. The Labute approximate surface area is 373 Å². The van der Waals surface area contributed by atoms with E-state index in [1.54, 1.807) is 0 Å². The molecule has 300 valence electrons. The van der Waals surface area contributed by atoms with Crippen molar-refractivity contribution < 1.29 is 0 Å². The number of nitrogens with zero attached hydrogens (tertiary/aromatic N) is 2. The second-order valence-electron chi connectivity index (χ2n) is 16.4. The van der Waals surface area contributed by atoms with Crippen LogP contribution < -0.4 is 4.90 Å². The van der Waals surface area contributed by atoms with Gasteiger partial charge in [-0.25, -0.2) is 0 Å². The minimum absolute atomic E-state index is 1.08. The minimum Gasteiger partial charge on any atom is -0.310 e. The zero-order valence-electron chi connectivity index (χ0n) is 35.1. The molecule has 0 aliphatic heterocycles. The largest absolute Gasteiger partial charge is 0.310 e. The van der Waals surface area contributed by atoms with Crippen LogP contribution in [0.5, 0.6) is 0 Å². The van der Waals surface area contributed by atoms with Gasteiger partial charge < -0.3 is 9.47 Å². The molecular formula is C62H42N2. The number of benzene rings is 11. The van der Waals surface area contributed by atoms with Crippen LogP contribution in [-0.4, -0.2) is 4.57 Å². The molecule has 0 saturated carbocycles. The lowest BCUT2D eigenvalue weighted by Gasteiger charge is -2.29. The van der Waals surface area contributed by atoms with Gasteiger partial charge in [-0.15, -0.1) is 0 Å². The highest BCUT2D eigenvalue weighted by molar-refractivity contribution is 6.22. The summed E-state index contributed by atoms with van der Waals surface area (Å²) >= 11 is 0. The lowest BCUT2D eigenvalue weighted by atomic mass is 9.85. The van der Waals surface area contributed by atoms with Gasteiger partial charge in [0.25, 0.3) is 0 Å². The quantitative estimate of drug-likeness (QED) is 0.139. The van der Waals surface area contributed by atoms with Crippen molar-refractivity contribution >= 4 is 60.4 Å². The van der Waals surface area contributed by atoms with Gasteiger partial charge in [0.1, 0.15) is 0 Å². The molecule has 1 heterocycles. The lowest BCUT2D eigenvalue weighted by Crippen LogP contribution is -2.11. The van der Waals surface area contributed by atoms with Crippen molar-refractivity contribution in [2.24, 2.45) is 0 Å². The summed E-state index contributed by atoms with van der Waals surface area (Å²) < 4.78 is 2.38. The van der Waals surface area contributed by atoms with Gasteiger partial charge in [0, 0.05) is 33.4 Å². The van der Waals surface area contributed by atoms with E-state index in [2.05, 4.69) is 264 Å². The van der Waals surface area contributed by atoms with Crippen molar-refractivity contribution in [1.29, 1.82) is 0 Å². The fourth-order valence-electron chi connectivity index (χ4n) is 9.92. The van der Waals surface area contributed by atoms with Crippen LogP contribution in [0.15, 0.2) is 255 Å². The molecule has 0 amide bonds. The fraction of sp³-hybridized carbons (Fsp3) is 0. The standard InChI is InChI=1S/C62H42N2/c1-5-20-43(21-6-1)51-30-15-17-34-58(51)63(49-29-19-26-46(40-49)47-36-39-60-56(41-47)54-32-16-18-35-59(54)64(60)48-27-11-4-12-28-48)50-37-38-53-52-31-13-14-33-55(52)61(44-22-7-2-8-23-44)62(57(53)42-50)45-24-9-3-10-25-45/h1-42H. The summed E-state index contributed by atoms with van der Waals surface area (Å²) in [7, 11) is 0. The second kappa shape index (κ2) is 15.8. The Kier molecular flexibility index (Phi) is 9.20. The molecule has 12 rings (SSSR count). The molecule has 64 heavy (non-hydrogen) atoms. The van der Waals surface area contributed by atoms with Gasteiger partial charge in [-0.05, 0) is 121 Å². The summed E-state index contributed by atoms with van der Waals surface area (Å²) in [5.74, 6) is 0. The molecule has 0 saturated heterocycles. The van der Waals surface area contributed by atoms with Crippen LogP contribution in [0.1, 0.15) is 0 Å². The highest BCUT2D eigenvalue weighted by Gasteiger charge is 2.22. The van der Waals surface area contributed by atoms with Gasteiger partial charge in [0.2, 0.25) is 0 Å². The number of aromatic nitrogens is 1. The average Bonchev–Trinajstić information content (AvgIpc) is 3.71. The Balaban J connectivity index is 1.10. The number of fused-ring (bicyclic) bond motifs is 6. The van der Waals surface area contributed by atoms with Crippen molar-refractivity contribution in [3.63, 3.8) is 0 Å². The summed E-state index contributed by atoms with van der Waals surface area (Å²) in [5.41, 5.74) is 16.4. The van der Waals surface area contributed by atoms with Crippen LogP contribution in [0.3, 0.4) is 0 Å². The maximum Gasteiger partial charge on any atom is 0.0541 e. The zero-order chi connectivity index (χ0) is 42.4. The molecule has 0 unspecified atom stereocenters. The number of hydrogen-bond acceptors (Lipinski definition) is 1. The third-order valence-corrected chi connectivity index (χ3v) is 12.7. The minimum atomic E-state index is 1.08. The van der Waals surface area contributed by atoms with Crippen LogP contribution in [-0.2, 0) is 0 Å². The second-order valence-corrected chi connectivity index (χ2v) is 16.4. The average molecular weight is 815 g/mol. The molecule has 0 fully saturated rings. The SMILES string of the molecule is c1ccc(-c2ccccc2N(c2cccc(-c3ccc4c(c3)c3ccccc3n4-c3ccccc3)c2)c2ccc3c(c2)c(-c2ccccc2)c(-c2ccccc2)c2ccccc23)cc1. The molecule has 11 aromatic carbocycles. The monoisotopic (exact) mass is 814 g/mol. The van der Waals surface area contributed by atoms with Gasteiger partial charge in [0.15, 0.2) is 0 Å². The Morgan fingerprint density at radius 2 is 0.781 bits per heavy atom. The predicted octanol–water partition coefficient (Wildman–Crippen LogP) is 17.2. The molecule has 12 aromatic rings. The van der Waals surface area contributed by atoms with Crippen LogP contribution in [0.4, 0.5) is 17.1 Å². The number of anilines is 3. The Bertz CT molecular complexity index is 3650. The summed E-state index contributed by atoms with van der Waals surface area (Å²) in [5, 5.41) is 7.40. The summed E-state index contributed by atoms with van der Waals surface area (Å²) in [6.45, 7) is 0. The maximum absolute atomic E-state index is 2.46. The van der Waals surface area contributed by atoms with E-state index in [9.17, 15) is 0 Å². The first kappa shape index (κ1) is 37.3. The van der Waals surface area contributed by atoms with Crippen molar-refractivity contribution in [3.8, 4) is 50.2 Å². The van der Waals surface area contributed by atoms with Gasteiger partial charge in [-0.3, -0.25) is 0 Å². The van der Waals surface area contributed by atoms with Crippen LogP contribution >= 0.6 is 0 Å². The zero-order valence-corrected chi connectivity index (χ0v) is 35.1. The third kappa shape index (κ3) is 6.35. The summed E-state index contributed by atoms with van der Waals surface area (Å²) in [4.78, 5) is 2.46. The first-order valence-corrected chi connectivity index (χ1v) is 22.0. The van der Waals surface area contributed by atoms with Gasteiger partial charge >= 0.3 is 0 Å². The summed E-state index contributed by atoms with van der Waals surface area (Å²) in [6, 6.07) is 92.7.